The van der Waals surface area contributed by atoms with Crippen LogP contribution in [0.4, 0.5) is 0 Å². The highest BCUT2D eigenvalue weighted by Gasteiger charge is 2.32. The molecule has 1 aromatic rings. The number of rotatable bonds is 3. The van der Waals surface area contributed by atoms with Gasteiger partial charge in [0.05, 0.1) is 12.5 Å². The van der Waals surface area contributed by atoms with E-state index in [4.69, 9.17) is 9.47 Å². The normalized spacial score (nSPS) is 18.0. The van der Waals surface area contributed by atoms with Crippen LogP contribution in [0, 0.1) is 5.92 Å². The first kappa shape index (κ1) is 15.5. The topological polar surface area (TPSA) is 81.3 Å². The van der Waals surface area contributed by atoms with E-state index in [1.54, 1.807) is 6.92 Å². The Morgan fingerprint density at radius 1 is 1.38 bits per heavy atom. The summed E-state index contributed by atoms with van der Waals surface area (Å²) in [6.45, 7) is 7.59. The largest absolute Gasteiger partial charge is 0.466 e. The van der Waals surface area contributed by atoms with Crippen molar-refractivity contribution in [1.29, 1.82) is 0 Å². The van der Waals surface area contributed by atoms with Crippen LogP contribution in [0.15, 0.2) is 0 Å². The van der Waals surface area contributed by atoms with E-state index in [1.165, 1.54) is 0 Å². The molecular formula is C15H22N2O4. The number of nitrogens with one attached hydrogen (secondary N) is 1. The third-order valence-electron chi connectivity index (χ3n) is 3.36. The second-order valence-corrected chi connectivity index (χ2v) is 6.22. The summed E-state index contributed by atoms with van der Waals surface area (Å²) >= 11 is 0. The quantitative estimate of drug-likeness (QED) is 0.863. The first-order valence-electron chi connectivity index (χ1n) is 7.28. The van der Waals surface area contributed by atoms with Crippen LogP contribution in [-0.2, 0) is 27.1 Å². The van der Waals surface area contributed by atoms with Gasteiger partial charge in [0.1, 0.15) is 5.60 Å². The summed E-state index contributed by atoms with van der Waals surface area (Å²) in [5.41, 5.74) is 1.41. The molecule has 116 valence electrons. The van der Waals surface area contributed by atoms with Crippen molar-refractivity contribution in [3.63, 3.8) is 0 Å². The molecule has 1 aliphatic rings. The highest BCUT2D eigenvalue weighted by molar-refractivity contribution is 5.90. The molecule has 1 aliphatic carbocycles. The van der Waals surface area contributed by atoms with Gasteiger partial charge in [-0.25, -0.2) is 4.79 Å². The summed E-state index contributed by atoms with van der Waals surface area (Å²) in [6.07, 6.45) is 1.87. The van der Waals surface area contributed by atoms with Crippen molar-refractivity contribution in [2.24, 2.45) is 5.92 Å². The lowest BCUT2D eigenvalue weighted by molar-refractivity contribution is -0.148. The average Bonchev–Trinajstić information content (AvgIpc) is 2.79. The first-order valence-corrected chi connectivity index (χ1v) is 7.28. The van der Waals surface area contributed by atoms with Gasteiger partial charge in [-0.1, -0.05) is 0 Å². The molecule has 6 nitrogen and oxygen atoms in total. The molecule has 0 fully saturated rings. The van der Waals surface area contributed by atoms with Crippen molar-refractivity contribution in [3.05, 3.63) is 17.0 Å². The predicted molar refractivity (Wildman–Crippen MR) is 75.9 cm³/mol. The van der Waals surface area contributed by atoms with E-state index >= 15 is 0 Å². The zero-order valence-corrected chi connectivity index (χ0v) is 13.0. The van der Waals surface area contributed by atoms with Gasteiger partial charge in [0.25, 0.3) is 0 Å². The Bertz CT molecular complexity index is 542. The van der Waals surface area contributed by atoms with Gasteiger partial charge in [-0.05, 0) is 47.0 Å². The maximum absolute atomic E-state index is 12.2. The molecule has 0 saturated carbocycles. The fraction of sp³-hybridized carbons (Fsp3) is 0.667. The lowest BCUT2D eigenvalue weighted by Crippen LogP contribution is -2.27. The van der Waals surface area contributed by atoms with Gasteiger partial charge in [0.2, 0.25) is 0 Å². The molecule has 6 heteroatoms. The Hall–Kier alpha value is -1.85. The van der Waals surface area contributed by atoms with E-state index in [0.717, 1.165) is 11.3 Å². The average molecular weight is 294 g/mol. The Morgan fingerprint density at radius 3 is 2.71 bits per heavy atom. The van der Waals surface area contributed by atoms with Crippen molar-refractivity contribution in [2.75, 3.05) is 6.61 Å². The predicted octanol–water partition coefficient (Wildman–Crippen LogP) is 2.03. The molecule has 0 bridgehead atoms. The molecule has 0 radical (unpaired) electrons. The first-order chi connectivity index (χ1) is 9.81. The molecule has 1 aromatic heterocycles. The minimum absolute atomic E-state index is 0.209. The van der Waals surface area contributed by atoms with Crippen molar-refractivity contribution < 1.29 is 19.1 Å². The van der Waals surface area contributed by atoms with Gasteiger partial charge < -0.3 is 9.47 Å². The molecule has 1 unspecified atom stereocenters. The molecule has 0 aromatic carbocycles. The summed E-state index contributed by atoms with van der Waals surface area (Å²) < 4.78 is 10.4. The molecule has 0 spiro atoms. The Kier molecular flexibility index (Phi) is 4.34. The monoisotopic (exact) mass is 294 g/mol. The van der Waals surface area contributed by atoms with Crippen LogP contribution < -0.4 is 0 Å². The molecule has 0 aliphatic heterocycles. The molecule has 1 atom stereocenters. The van der Waals surface area contributed by atoms with E-state index in [1.807, 2.05) is 20.8 Å². The number of ether oxygens (including phenoxy) is 2. The minimum atomic E-state index is -0.571. The van der Waals surface area contributed by atoms with Crippen LogP contribution in [-0.4, -0.2) is 34.3 Å². The van der Waals surface area contributed by atoms with Crippen molar-refractivity contribution in [3.8, 4) is 0 Å². The maximum atomic E-state index is 12.2. The number of aryl methyl sites for hydroxylation is 1. The number of nitrogens with zero attached hydrogens (tertiary/aromatic N) is 1. The molecular weight excluding hydrogens is 272 g/mol. The molecule has 0 amide bonds. The standard InChI is InChI=1S/C15H22N2O4/c1-5-20-13(18)9-6-7-11-10(8-9)12(17-16-11)14(19)21-15(2,3)4/h9H,5-8H2,1-4H3,(H,16,17). The Morgan fingerprint density at radius 2 is 2.10 bits per heavy atom. The van der Waals surface area contributed by atoms with Gasteiger partial charge in [-0.15, -0.1) is 0 Å². The highest BCUT2D eigenvalue weighted by Crippen LogP contribution is 2.28. The number of hydrogen-bond donors (Lipinski definition) is 1. The van der Waals surface area contributed by atoms with Gasteiger partial charge >= 0.3 is 11.9 Å². The molecule has 2 rings (SSSR count). The Labute approximate surface area is 124 Å². The molecule has 1 N–H and O–H groups in total. The van der Waals surface area contributed by atoms with Crippen LogP contribution in [0.25, 0.3) is 0 Å². The summed E-state index contributed by atoms with van der Waals surface area (Å²) in [5, 5.41) is 6.95. The summed E-state index contributed by atoms with van der Waals surface area (Å²) in [6, 6.07) is 0. The van der Waals surface area contributed by atoms with Crippen LogP contribution in [0.1, 0.15) is 55.9 Å². The van der Waals surface area contributed by atoms with Gasteiger partial charge in [-0.2, -0.15) is 5.10 Å². The van der Waals surface area contributed by atoms with Crippen LogP contribution in [0.2, 0.25) is 0 Å². The third-order valence-corrected chi connectivity index (χ3v) is 3.36. The number of carbonyl (C=O) groups excluding carboxylic acids is 2. The number of fused-ring (bicyclic) bond motifs is 1. The summed E-state index contributed by atoms with van der Waals surface area (Å²) in [5.74, 6) is -0.875. The number of carbonyl (C=O) groups is 2. The summed E-state index contributed by atoms with van der Waals surface area (Å²) in [4.78, 5) is 24.0. The van der Waals surface area contributed by atoms with Crippen LogP contribution >= 0.6 is 0 Å². The third kappa shape index (κ3) is 3.62. The lowest BCUT2D eigenvalue weighted by Gasteiger charge is -2.22. The number of aromatic amines is 1. The molecule has 21 heavy (non-hydrogen) atoms. The van der Waals surface area contributed by atoms with Crippen LogP contribution in [0.3, 0.4) is 0 Å². The fourth-order valence-corrected chi connectivity index (χ4v) is 2.45. The summed E-state index contributed by atoms with van der Waals surface area (Å²) in [7, 11) is 0. The zero-order valence-electron chi connectivity index (χ0n) is 13.0. The van der Waals surface area contributed by atoms with E-state index < -0.39 is 11.6 Å². The Balaban J connectivity index is 2.17. The SMILES string of the molecule is CCOC(=O)C1CCc2[nH]nc(C(=O)OC(C)(C)C)c2C1. The number of aromatic nitrogens is 2. The second kappa shape index (κ2) is 5.87. The molecule has 0 saturated heterocycles. The zero-order chi connectivity index (χ0) is 15.6. The van der Waals surface area contributed by atoms with Gasteiger partial charge in [0.15, 0.2) is 5.69 Å². The van der Waals surface area contributed by atoms with Crippen molar-refractivity contribution >= 4 is 11.9 Å². The van der Waals surface area contributed by atoms with Crippen molar-refractivity contribution in [2.45, 2.75) is 52.6 Å². The number of H-pyrrole nitrogens is 1. The minimum Gasteiger partial charge on any atom is -0.466 e. The molecule has 1 heterocycles. The lowest BCUT2D eigenvalue weighted by atomic mass is 9.86. The highest BCUT2D eigenvalue weighted by atomic mass is 16.6. The van der Waals surface area contributed by atoms with E-state index in [0.29, 0.717) is 25.9 Å². The number of esters is 2. The van der Waals surface area contributed by atoms with Gasteiger partial charge in [-0.3, -0.25) is 9.89 Å². The smallest absolute Gasteiger partial charge is 0.359 e. The fourth-order valence-electron chi connectivity index (χ4n) is 2.45. The number of hydrogen-bond acceptors (Lipinski definition) is 5. The van der Waals surface area contributed by atoms with E-state index in [2.05, 4.69) is 10.2 Å². The maximum Gasteiger partial charge on any atom is 0.359 e. The van der Waals surface area contributed by atoms with E-state index in [9.17, 15) is 9.59 Å². The second-order valence-electron chi connectivity index (χ2n) is 6.22. The van der Waals surface area contributed by atoms with Crippen molar-refractivity contribution in [1.82, 2.24) is 10.2 Å². The van der Waals surface area contributed by atoms with Crippen LogP contribution in [0.5, 0.6) is 0 Å². The van der Waals surface area contributed by atoms with Gasteiger partial charge in [0, 0.05) is 11.3 Å². The van der Waals surface area contributed by atoms with E-state index in [-0.39, 0.29) is 17.6 Å².